The Kier molecular flexibility index (Phi) is 10.2. The first-order valence-electron chi connectivity index (χ1n) is 12.1. The number of hydrogen-bond donors (Lipinski definition) is 1. The Balaban J connectivity index is 2.06. The molecule has 7 nitrogen and oxygen atoms in total. The number of para-hydroxylation sites is 1. The second-order valence-corrected chi connectivity index (χ2v) is 11.6. The van der Waals surface area contributed by atoms with Crippen molar-refractivity contribution >= 4 is 50.7 Å². The van der Waals surface area contributed by atoms with Gasteiger partial charge in [0.15, 0.2) is 0 Å². The number of nitrogens with zero attached hydrogens (tertiary/aromatic N) is 2. The maximum Gasteiger partial charge on any atom is 0.244 e. The van der Waals surface area contributed by atoms with E-state index >= 15 is 0 Å². The molecule has 0 saturated heterocycles. The molecule has 202 valence electrons. The summed E-state index contributed by atoms with van der Waals surface area (Å²) in [5.74, 6) is -0.904. The van der Waals surface area contributed by atoms with Crippen molar-refractivity contribution in [3.8, 4) is 0 Å². The number of aryl methyl sites for hydroxylation is 1. The van der Waals surface area contributed by atoms with Crippen LogP contribution in [-0.2, 0) is 39.0 Å². The van der Waals surface area contributed by atoms with Gasteiger partial charge in [-0.3, -0.25) is 13.9 Å². The van der Waals surface area contributed by atoms with Crippen LogP contribution < -0.4 is 9.62 Å². The number of likely N-dealkylation sites (N-methyl/N-ethyl adjacent to an activating group) is 1. The molecule has 3 aromatic carbocycles. The summed E-state index contributed by atoms with van der Waals surface area (Å²) in [6.07, 6.45) is 1.88. The Labute approximate surface area is 234 Å². The molecule has 2 amide bonds. The number of carbonyl (C=O) groups excluding carboxylic acids is 2. The Hall–Kier alpha value is -3.07. The summed E-state index contributed by atoms with van der Waals surface area (Å²) in [6.45, 7) is 1.46. The van der Waals surface area contributed by atoms with Crippen LogP contribution in [0, 0.1) is 0 Å². The van der Waals surface area contributed by atoms with Crippen molar-refractivity contribution in [1.29, 1.82) is 0 Å². The number of carbonyl (C=O) groups is 2. The van der Waals surface area contributed by atoms with Gasteiger partial charge < -0.3 is 10.2 Å². The van der Waals surface area contributed by atoms with Crippen LogP contribution in [0.5, 0.6) is 0 Å². The summed E-state index contributed by atoms with van der Waals surface area (Å²) in [7, 11) is -2.33. The maximum atomic E-state index is 14.0. The molecule has 1 N–H and O–H groups in total. The molecule has 0 fully saturated rings. The second-order valence-electron chi connectivity index (χ2n) is 8.84. The fraction of sp³-hybridized carbons (Fsp3) is 0.286. The van der Waals surface area contributed by atoms with Gasteiger partial charge in [0, 0.05) is 20.0 Å². The van der Waals surface area contributed by atoms with E-state index in [0.29, 0.717) is 27.7 Å². The predicted molar refractivity (Wildman–Crippen MR) is 153 cm³/mol. The molecule has 0 radical (unpaired) electrons. The SMILES string of the molecule is CCc1ccccc1N(CC(=O)N(Cc1ccc(Cl)c(Cl)c1)[C@@H](Cc1ccccc1)C(=O)NC)S(C)(=O)=O. The topological polar surface area (TPSA) is 86.8 Å². The lowest BCUT2D eigenvalue weighted by Gasteiger charge is -2.33. The molecule has 0 unspecified atom stereocenters. The van der Waals surface area contributed by atoms with Crippen LogP contribution in [0.2, 0.25) is 10.0 Å². The van der Waals surface area contributed by atoms with Gasteiger partial charge in [0.1, 0.15) is 12.6 Å². The highest BCUT2D eigenvalue weighted by Crippen LogP contribution is 2.26. The van der Waals surface area contributed by atoms with Crippen LogP contribution >= 0.6 is 23.2 Å². The molecule has 0 heterocycles. The molecular formula is C28H31Cl2N3O4S. The fourth-order valence-electron chi connectivity index (χ4n) is 4.20. The van der Waals surface area contributed by atoms with Gasteiger partial charge in [0.2, 0.25) is 21.8 Å². The number of rotatable bonds is 11. The number of sulfonamides is 1. The fourth-order valence-corrected chi connectivity index (χ4v) is 5.40. The first-order chi connectivity index (χ1) is 18.0. The number of nitrogens with one attached hydrogen (secondary N) is 1. The minimum Gasteiger partial charge on any atom is -0.357 e. The average Bonchev–Trinajstić information content (AvgIpc) is 2.90. The first kappa shape index (κ1) is 29.5. The summed E-state index contributed by atoms with van der Waals surface area (Å²) >= 11 is 12.3. The van der Waals surface area contributed by atoms with Crippen molar-refractivity contribution in [2.45, 2.75) is 32.4 Å². The third-order valence-electron chi connectivity index (χ3n) is 6.17. The van der Waals surface area contributed by atoms with E-state index in [9.17, 15) is 18.0 Å². The quantitative estimate of drug-likeness (QED) is 0.359. The van der Waals surface area contributed by atoms with E-state index in [1.54, 1.807) is 30.3 Å². The molecule has 38 heavy (non-hydrogen) atoms. The minimum absolute atomic E-state index is 0.0215. The highest BCUT2D eigenvalue weighted by molar-refractivity contribution is 7.92. The Morgan fingerprint density at radius 3 is 2.18 bits per heavy atom. The largest absolute Gasteiger partial charge is 0.357 e. The zero-order valence-electron chi connectivity index (χ0n) is 21.5. The molecular weight excluding hydrogens is 545 g/mol. The monoisotopic (exact) mass is 575 g/mol. The molecule has 0 saturated carbocycles. The van der Waals surface area contributed by atoms with E-state index in [2.05, 4.69) is 5.32 Å². The van der Waals surface area contributed by atoms with E-state index in [4.69, 9.17) is 23.2 Å². The van der Waals surface area contributed by atoms with Crippen molar-refractivity contribution in [1.82, 2.24) is 10.2 Å². The second kappa shape index (κ2) is 13.1. The summed E-state index contributed by atoms with van der Waals surface area (Å²) in [5, 5.41) is 3.32. The third-order valence-corrected chi connectivity index (χ3v) is 8.04. The molecule has 0 bridgehead atoms. The van der Waals surface area contributed by atoms with Crippen LogP contribution in [0.4, 0.5) is 5.69 Å². The molecule has 3 aromatic rings. The van der Waals surface area contributed by atoms with E-state index in [0.717, 1.165) is 21.7 Å². The Morgan fingerprint density at radius 2 is 1.58 bits per heavy atom. The first-order valence-corrected chi connectivity index (χ1v) is 14.7. The van der Waals surface area contributed by atoms with Crippen molar-refractivity contribution in [2.24, 2.45) is 0 Å². The van der Waals surface area contributed by atoms with Crippen LogP contribution in [0.25, 0.3) is 0 Å². The van der Waals surface area contributed by atoms with Crippen LogP contribution in [-0.4, -0.2) is 51.0 Å². The van der Waals surface area contributed by atoms with Gasteiger partial charge >= 0.3 is 0 Å². The lowest BCUT2D eigenvalue weighted by molar-refractivity contribution is -0.139. The number of amides is 2. The summed E-state index contributed by atoms with van der Waals surface area (Å²) < 4.78 is 26.9. The highest BCUT2D eigenvalue weighted by atomic mass is 35.5. The summed E-state index contributed by atoms with van der Waals surface area (Å²) in [4.78, 5) is 28.5. The van der Waals surface area contributed by atoms with E-state index < -0.39 is 28.5 Å². The number of benzene rings is 3. The van der Waals surface area contributed by atoms with Gasteiger partial charge in [-0.15, -0.1) is 0 Å². The van der Waals surface area contributed by atoms with Gasteiger partial charge in [0.25, 0.3) is 0 Å². The zero-order chi connectivity index (χ0) is 27.9. The van der Waals surface area contributed by atoms with Gasteiger partial charge in [-0.1, -0.05) is 84.7 Å². The van der Waals surface area contributed by atoms with Crippen molar-refractivity contribution < 1.29 is 18.0 Å². The molecule has 1 atom stereocenters. The molecule has 3 rings (SSSR count). The average molecular weight is 577 g/mol. The molecule has 0 aliphatic heterocycles. The van der Waals surface area contributed by atoms with Crippen LogP contribution in [0.15, 0.2) is 72.8 Å². The van der Waals surface area contributed by atoms with Crippen LogP contribution in [0.3, 0.4) is 0 Å². The van der Waals surface area contributed by atoms with E-state index in [1.807, 2.05) is 49.4 Å². The summed E-state index contributed by atoms with van der Waals surface area (Å²) in [6, 6.07) is 20.4. The van der Waals surface area contributed by atoms with Crippen LogP contribution in [0.1, 0.15) is 23.6 Å². The normalized spacial score (nSPS) is 12.0. The lowest BCUT2D eigenvalue weighted by Crippen LogP contribution is -2.53. The number of anilines is 1. The zero-order valence-corrected chi connectivity index (χ0v) is 23.9. The van der Waals surface area contributed by atoms with Gasteiger partial charge in [-0.2, -0.15) is 0 Å². The molecule has 0 aliphatic rings. The third kappa shape index (κ3) is 7.49. The van der Waals surface area contributed by atoms with Crippen molar-refractivity contribution in [3.63, 3.8) is 0 Å². The van der Waals surface area contributed by atoms with Gasteiger partial charge in [-0.05, 0) is 41.3 Å². The Morgan fingerprint density at radius 1 is 0.921 bits per heavy atom. The highest BCUT2D eigenvalue weighted by Gasteiger charge is 2.33. The lowest BCUT2D eigenvalue weighted by atomic mass is 10.0. The minimum atomic E-state index is -3.83. The molecule has 0 aliphatic carbocycles. The maximum absolute atomic E-state index is 14.0. The number of hydrogen-bond acceptors (Lipinski definition) is 4. The smallest absolute Gasteiger partial charge is 0.244 e. The number of halogens is 2. The molecule has 10 heteroatoms. The van der Waals surface area contributed by atoms with Crippen molar-refractivity contribution in [3.05, 3.63) is 99.5 Å². The molecule has 0 spiro atoms. The van der Waals surface area contributed by atoms with E-state index in [-0.39, 0.29) is 18.9 Å². The Bertz CT molecular complexity index is 1380. The molecule has 0 aromatic heterocycles. The standard InChI is InChI=1S/C28H31Cl2N3O4S/c1-4-22-12-8-9-13-25(22)33(38(3,36)37)19-27(34)32(18-21-14-15-23(29)24(30)16-21)26(28(35)31-2)17-20-10-6-5-7-11-20/h5-16,26H,4,17-19H2,1-3H3,(H,31,35)/t26-/m0/s1. The van der Waals surface area contributed by atoms with Gasteiger partial charge in [-0.25, -0.2) is 8.42 Å². The van der Waals surface area contributed by atoms with Gasteiger partial charge in [0.05, 0.1) is 22.0 Å². The summed E-state index contributed by atoms with van der Waals surface area (Å²) in [5.41, 5.74) is 2.72. The van der Waals surface area contributed by atoms with E-state index in [1.165, 1.54) is 11.9 Å². The predicted octanol–water partition coefficient (Wildman–Crippen LogP) is 4.71. The van der Waals surface area contributed by atoms with Crippen molar-refractivity contribution in [2.75, 3.05) is 24.2 Å².